The summed E-state index contributed by atoms with van der Waals surface area (Å²) in [5, 5.41) is 23.7. The molecule has 1 aliphatic heterocycles. The van der Waals surface area contributed by atoms with Gasteiger partial charge in [-0.3, -0.25) is 10.1 Å². The Kier molecular flexibility index (Phi) is 2.65. The molecule has 16 heavy (non-hydrogen) atoms. The van der Waals surface area contributed by atoms with Crippen molar-refractivity contribution >= 4 is 5.69 Å². The van der Waals surface area contributed by atoms with Crippen LogP contribution in [0, 0.1) is 17.0 Å². The Morgan fingerprint density at radius 3 is 2.75 bits per heavy atom. The maximum Gasteiger partial charge on any atom is 0.272 e. The van der Waals surface area contributed by atoms with Crippen LogP contribution in [-0.2, 0) is 6.42 Å². The number of nitrogens with zero attached hydrogens (tertiary/aromatic N) is 1. The molecule has 86 valence electrons. The zero-order chi connectivity index (χ0) is 11.8. The van der Waals surface area contributed by atoms with E-state index in [0.29, 0.717) is 25.1 Å². The predicted octanol–water partition coefficient (Wildman–Crippen LogP) is 0.780. The van der Waals surface area contributed by atoms with E-state index < -0.39 is 5.60 Å². The molecule has 1 saturated heterocycles. The molecule has 1 aliphatic rings. The van der Waals surface area contributed by atoms with E-state index in [1.54, 1.807) is 19.1 Å². The lowest BCUT2D eigenvalue weighted by atomic mass is 9.89. The monoisotopic (exact) mass is 222 g/mol. The summed E-state index contributed by atoms with van der Waals surface area (Å²) >= 11 is 0. The van der Waals surface area contributed by atoms with E-state index >= 15 is 0 Å². The van der Waals surface area contributed by atoms with Crippen LogP contribution >= 0.6 is 0 Å². The third kappa shape index (κ3) is 2.05. The quantitative estimate of drug-likeness (QED) is 0.585. The third-order valence-corrected chi connectivity index (χ3v) is 2.91. The van der Waals surface area contributed by atoms with Crippen LogP contribution in [0.2, 0.25) is 0 Å². The van der Waals surface area contributed by atoms with Gasteiger partial charge < -0.3 is 10.4 Å². The second kappa shape index (κ2) is 3.84. The highest BCUT2D eigenvalue weighted by Gasteiger charge is 2.34. The highest BCUT2D eigenvalue weighted by Crippen LogP contribution is 2.23. The summed E-state index contributed by atoms with van der Waals surface area (Å²) in [5.74, 6) is 0. The van der Waals surface area contributed by atoms with E-state index in [4.69, 9.17) is 0 Å². The molecule has 0 aliphatic carbocycles. The molecule has 1 heterocycles. The highest BCUT2D eigenvalue weighted by molar-refractivity contribution is 5.42. The average molecular weight is 222 g/mol. The van der Waals surface area contributed by atoms with Gasteiger partial charge in [-0.1, -0.05) is 12.1 Å². The smallest absolute Gasteiger partial charge is 0.272 e. The Balaban J connectivity index is 2.22. The van der Waals surface area contributed by atoms with Gasteiger partial charge in [-0.05, 0) is 12.5 Å². The number of hydrogen-bond acceptors (Lipinski definition) is 4. The lowest BCUT2D eigenvalue weighted by Gasteiger charge is -2.37. The summed E-state index contributed by atoms with van der Waals surface area (Å²) < 4.78 is 0. The summed E-state index contributed by atoms with van der Waals surface area (Å²) in [7, 11) is 0. The second-order valence-electron chi connectivity index (χ2n) is 4.38. The SMILES string of the molecule is Cc1ccc(CC2(O)CNC2)cc1[N+](=O)[O-]. The van der Waals surface area contributed by atoms with Gasteiger partial charge in [0, 0.05) is 31.1 Å². The molecular weight excluding hydrogens is 208 g/mol. The first kappa shape index (κ1) is 11.0. The van der Waals surface area contributed by atoms with E-state index in [2.05, 4.69) is 5.32 Å². The molecule has 2 N–H and O–H groups in total. The largest absolute Gasteiger partial charge is 0.387 e. The number of hydrogen-bond donors (Lipinski definition) is 2. The second-order valence-corrected chi connectivity index (χ2v) is 4.38. The van der Waals surface area contributed by atoms with Gasteiger partial charge >= 0.3 is 0 Å². The number of aryl methyl sites for hydroxylation is 1. The van der Waals surface area contributed by atoms with Crippen LogP contribution in [0.1, 0.15) is 11.1 Å². The van der Waals surface area contributed by atoms with Crippen LogP contribution in [-0.4, -0.2) is 28.7 Å². The third-order valence-electron chi connectivity index (χ3n) is 2.91. The van der Waals surface area contributed by atoms with Gasteiger partial charge in [0.25, 0.3) is 5.69 Å². The number of nitro benzene ring substituents is 1. The minimum atomic E-state index is -0.733. The number of benzene rings is 1. The first-order chi connectivity index (χ1) is 7.50. The lowest BCUT2D eigenvalue weighted by molar-refractivity contribution is -0.385. The average Bonchev–Trinajstić information content (AvgIpc) is 2.18. The highest BCUT2D eigenvalue weighted by atomic mass is 16.6. The Hall–Kier alpha value is -1.46. The Morgan fingerprint density at radius 2 is 2.25 bits per heavy atom. The molecule has 0 radical (unpaired) electrons. The molecule has 1 aromatic rings. The van der Waals surface area contributed by atoms with Crippen molar-refractivity contribution < 1.29 is 10.0 Å². The molecule has 0 aromatic heterocycles. The van der Waals surface area contributed by atoms with Crippen LogP contribution in [0.25, 0.3) is 0 Å². The van der Waals surface area contributed by atoms with Gasteiger partial charge in [0.2, 0.25) is 0 Å². The fourth-order valence-electron chi connectivity index (χ4n) is 1.88. The van der Waals surface area contributed by atoms with Gasteiger partial charge in [-0.15, -0.1) is 0 Å². The van der Waals surface area contributed by atoms with Gasteiger partial charge in [-0.25, -0.2) is 0 Å². The maximum absolute atomic E-state index is 10.8. The summed E-state index contributed by atoms with van der Waals surface area (Å²) in [6.07, 6.45) is 0.459. The Morgan fingerprint density at radius 1 is 1.56 bits per heavy atom. The predicted molar refractivity (Wildman–Crippen MR) is 59.4 cm³/mol. The molecule has 1 aromatic carbocycles. The van der Waals surface area contributed by atoms with Crippen molar-refractivity contribution in [1.29, 1.82) is 0 Å². The maximum atomic E-state index is 10.8. The van der Waals surface area contributed by atoms with Crippen LogP contribution in [0.15, 0.2) is 18.2 Å². The molecule has 0 bridgehead atoms. The minimum absolute atomic E-state index is 0.119. The zero-order valence-corrected chi connectivity index (χ0v) is 9.06. The summed E-state index contributed by atoms with van der Waals surface area (Å²) in [4.78, 5) is 10.4. The molecule has 2 rings (SSSR count). The van der Waals surface area contributed by atoms with E-state index in [1.165, 1.54) is 0 Å². The van der Waals surface area contributed by atoms with E-state index in [-0.39, 0.29) is 10.6 Å². The molecule has 5 heteroatoms. The van der Waals surface area contributed by atoms with Gasteiger partial charge in [0.05, 0.1) is 10.5 Å². The molecule has 0 saturated carbocycles. The first-order valence-electron chi connectivity index (χ1n) is 5.17. The Bertz CT molecular complexity index is 427. The zero-order valence-electron chi connectivity index (χ0n) is 9.06. The first-order valence-corrected chi connectivity index (χ1v) is 5.17. The topological polar surface area (TPSA) is 75.4 Å². The van der Waals surface area contributed by atoms with Crippen LogP contribution in [0.5, 0.6) is 0 Å². The number of rotatable bonds is 3. The van der Waals surface area contributed by atoms with Crippen molar-refractivity contribution in [3.63, 3.8) is 0 Å². The normalized spacial score (nSPS) is 17.9. The number of β-amino-alcohol motifs (C(OH)–C–C–N with tert-alkyl or cyclic N) is 1. The summed E-state index contributed by atoms with van der Waals surface area (Å²) in [5.41, 5.74) is 0.838. The molecule has 5 nitrogen and oxygen atoms in total. The minimum Gasteiger partial charge on any atom is -0.387 e. The molecule has 0 amide bonds. The van der Waals surface area contributed by atoms with Gasteiger partial charge in [0.15, 0.2) is 0 Å². The molecule has 0 atom stereocenters. The number of nitrogens with one attached hydrogen (secondary N) is 1. The van der Waals surface area contributed by atoms with E-state index in [9.17, 15) is 15.2 Å². The van der Waals surface area contributed by atoms with Gasteiger partial charge in [0.1, 0.15) is 0 Å². The molecule has 0 spiro atoms. The molecule has 1 fully saturated rings. The fraction of sp³-hybridized carbons (Fsp3) is 0.455. The summed E-state index contributed by atoms with van der Waals surface area (Å²) in [6, 6.07) is 5.10. The van der Waals surface area contributed by atoms with Crippen LogP contribution in [0.3, 0.4) is 0 Å². The number of nitro groups is 1. The lowest BCUT2D eigenvalue weighted by Crippen LogP contribution is -2.60. The van der Waals surface area contributed by atoms with Crippen LogP contribution < -0.4 is 5.32 Å². The van der Waals surface area contributed by atoms with Crippen molar-refractivity contribution in [2.75, 3.05) is 13.1 Å². The van der Waals surface area contributed by atoms with Crippen molar-refractivity contribution in [1.82, 2.24) is 5.32 Å². The van der Waals surface area contributed by atoms with Crippen molar-refractivity contribution in [3.8, 4) is 0 Å². The van der Waals surface area contributed by atoms with Gasteiger partial charge in [-0.2, -0.15) is 0 Å². The Labute approximate surface area is 93.2 Å². The molecular formula is C11H14N2O3. The van der Waals surface area contributed by atoms with Crippen molar-refractivity contribution in [2.24, 2.45) is 0 Å². The van der Waals surface area contributed by atoms with Crippen LogP contribution in [0.4, 0.5) is 5.69 Å². The van der Waals surface area contributed by atoms with Crippen molar-refractivity contribution in [3.05, 3.63) is 39.4 Å². The number of aliphatic hydroxyl groups is 1. The summed E-state index contributed by atoms with van der Waals surface area (Å²) in [6.45, 7) is 2.81. The van der Waals surface area contributed by atoms with E-state index in [1.807, 2.05) is 6.07 Å². The van der Waals surface area contributed by atoms with Crippen molar-refractivity contribution in [2.45, 2.75) is 18.9 Å². The fourth-order valence-corrected chi connectivity index (χ4v) is 1.88. The van der Waals surface area contributed by atoms with E-state index in [0.717, 1.165) is 5.56 Å². The molecule has 0 unspecified atom stereocenters. The standard InChI is InChI=1S/C11H14N2O3/c1-8-2-3-9(4-10(8)13(15)16)5-11(14)6-12-7-11/h2-4,12,14H,5-7H2,1H3.